The number of esters is 1. The van der Waals surface area contributed by atoms with Crippen LogP contribution in [0, 0.1) is 0 Å². The summed E-state index contributed by atoms with van der Waals surface area (Å²) in [6, 6.07) is 6.71. The molecule has 0 bridgehead atoms. The highest BCUT2D eigenvalue weighted by atomic mass is 35.5. The first-order valence-electron chi connectivity index (χ1n) is 6.40. The van der Waals surface area contributed by atoms with Crippen molar-refractivity contribution in [3.8, 4) is 0 Å². The molecule has 0 aliphatic carbocycles. The van der Waals surface area contributed by atoms with E-state index in [2.05, 4.69) is 15.4 Å². The van der Waals surface area contributed by atoms with Crippen LogP contribution in [-0.2, 0) is 4.74 Å². The minimum absolute atomic E-state index is 0. The van der Waals surface area contributed by atoms with Crippen LogP contribution in [-0.4, -0.2) is 38.1 Å². The topological polar surface area (TPSA) is 67.4 Å². The summed E-state index contributed by atoms with van der Waals surface area (Å²) in [6.07, 6.45) is 1.90. The molecule has 2 rings (SSSR count). The fraction of sp³-hybridized carbons (Fsp3) is 0.429. The Morgan fingerprint density at radius 1 is 1.15 bits per heavy atom. The smallest absolute Gasteiger partial charge is 0.337 e. The van der Waals surface area contributed by atoms with Crippen molar-refractivity contribution in [1.29, 1.82) is 0 Å². The first-order valence-corrected chi connectivity index (χ1v) is 6.40. The molecule has 20 heavy (non-hydrogen) atoms. The largest absolute Gasteiger partial charge is 0.465 e. The molecule has 1 saturated heterocycles. The Morgan fingerprint density at radius 3 is 2.25 bits per heavy atom. The van der Waals surface area contributed by atoms with Crippen molar-refractivity contribution in [2.24, 2.45) is 0 Å². The number of nitrogens with one attached hydrogen (secondary N) is 2. The zero-order chi connectivity index (χ0) is 13.7. The summed E-state index contributed by atoms with van der Waals surface area (Å²) in [7, 11) is 1.33. The predicted octanol–water partition coefficient (Wildman–Crippen LogP) is 1.38. The molecule has 1 heterocycles. The summed E-state index contributed by atoms with van der Waals surface area (Å²) in [5.41, 5.74) is 1.01. The Balaban J connectivity index is 0.00000200. The Bertz CT molecular complexity index is 456. The number of methoxy groups -OCH3 is 1. The lowest BCUT2D eigenvalue weighted by atomic mass is 10.1. The highest BCUT2D eigenvalue weighted by Gasteiger charge is 2.16. The van der Waals surface area contributed by atoms with Crippen molar-refractivity contribution in [3.63, 3.8) is 0 Å². The molecule has 1 aliphatic rings. The van der Waals surface area contributed by atoms with Gasteiger partial charge >= 0.3 is 5.97 Å². The Kier molecular flexibility index (Phi) is 6.48. The molecule has 1 fully saturated rings. The average molecular weight is 299 g/mol. The van der Waals surface area contributed by atoms with Gasteiger partial charge in [0.1, 0.15) is 0 Å². The van der Waals surface area contributed by atoms with Crippen LogP contribution in [0.4, 0.5) is 0 Å². The summed E-state index contributed by atoms with van der Waals surface area (Å²) in [5, 5.41) is 6.25. The zero-order valence-corrected chi connectivity index (χ0v) is 12.2. The number of piperidine rings is 1. The number of benzene rings is 1. The van der Waals surface area contributed by atoms with Gasteiger partial charge in [0.15, 0.2) is 0 Å². The molecule has 2 N–H and O–H groups in total. The first kappa shape index (κ1) is 16.5. The number of rotatable bonds is 3. The normalized spacial score (nSPS) is 15.1. The van der Waals surface area contributed by atoms with Gasteiger partial charge in [-0.25, -0.2) is 4.79 Å². The maximum absolute atomic E-state index is 12.0. The molecule has 6 heteroatoms. The predicted molar refractivity (Wildman–Crippen MR) is 78.4 cm³/mol. The molecule has 1 aromatic rings. The number of amides is 1. The van der Waals surface area contributed by atoms with E-state index in [0.717, 1.165) is 25.9 Å². The van der Waals surface area contributed by atoms with E-state index in [1.807, 2.05) is 0 Å². The van der Waals surface area contributed by atoms with Gasteiger partial charge < -0.3 is 15.4 Å². The maximum Gasteiger partial charge on any atom is 0.337 e. The molecule has 5 nitrogen and oxygen atoms in total. The van der Waals surface area contributed by atoms with Crippen molar-refractivity contribution < 1.29 is 14.3 Å². The number of carbonyl (C=O) groups excluding carboxylic acids is 2. The van der Waals surface area contributed by atoms with Crippen molar-refractivity contribution >= 4 is 24.3 Å². The van der Waals surface area contributed by atoms with E-state index in [4.69, 9.17) is 0 Å². The lowest BCUT2D eigenvalue weighted by molar-refractivity contribution is 0.0600. The molecule has 1 aliphatic heterocycles. The lowest BCUT2D eigenvalue weighted by Gasteiger charge is -2.23. The van der Waals surface area contributed by atoms with Crippen LogP contribution >= 0.6 is 12.4 Å². The van der Waals surface area contributed by atoms with Crippen LogP contribution in [0.25, 0.3) is 0 Å². The van der Waals surface area contributed by atoms with Crippen molar-refractivity contribution in [2.45, 2.75) is 18.9 Å². The third-order valence-electron chi connectivity index (χ3n) is 3.24. The van der Waals surface area contributed by atoms with Crippen molar-refractivity contribution in [1.82, 2.24) is 10.6 Å². The van der Waals surface area contributed by atoms with Gasteiger partial charge in [-0.3, -0.25) is 4.79 Å². The first-order chi connectivity index (χ1) is 9.20. The van der Waals surface area contributed by atoms with Crippen molar-refractivity contribution in [2.75, 3.05) is 20.2 Å². The number of hydrogen-bond donors (Lipinski definition) is 2. The SMILES string of the molecule is COC(=O)c1ccc(C(=O)NC2CCNCC2)cc1.Cl. The molecular weight excluding hydrogens is 280 g/mol. The second-order valence-corrected chi connectivity index (χ2v) is 4.57. The van der Waals surface area contributed by atoms with Crippen LogP contribution in [0.5, 0.6) is 0 Å². The molecule has 0 unspecified atom stereocenters. The average Bonchev–Trinajstić information content (AvgIpc) is 2.47. The Morgan fingerprint density at radius 2 is 1.70 bits per heavy atom. The number of hydrogen-bond acceptors (Lipinski definition) is 4. The summed E-state index contributed by atoms with van der Waals surface area (Å²) in [5.74, 6) is -0.492. The maximum atomic E-state index is 12.0. The molecule has 1 aromatic carbocycles. The second kappa shape index (κ2) is 7.87. The number of halogens is 1. The Hall–Kier alpha value is -1.59. The fourth-order valence-corrected chi connectivity index (χ4v) is 2.11. The van der Waals surface area contributed by atoms with E-state index >= 15 is 0 Å². The summed E-state index contributed by atoms with van der Waals surface area (Å²) < 4.78 is 4.61. The third kappa shape index (κ3) is 4.21. The lowest BCUT2D eigenvalue weighted by Crippen LogP contribution is -2.42. The summed E-state index contributed by atoms with van der Waals surface area (Å²) in [6.45, 7) is 1.87. The van der Waals surface area contributed by atoms with Gasteiger partial charge in [0, 0.05) is 11.6 Å². The molecule has 0 aromatic heterocycles. The van der Waals surface area contributed by atoms with E-state index in [1.54, 1.807) is 24.3 Å². The molecule has 0 spiro atoms. The minimum Gasteiger partial charge on any atom is -0.465 e. The van der Waals surface area contributed by atoms with Crippen LogP contribution in [0.1, 0.15) is 33.6 Å². The van der Waals surface area contributed by atoms with E-state index in [-0.39, 0.29) is 24.4 Å². The third-order valence-corrected chi connectivity index (χ3v) is 3.24. The fourth-order valence-electron chi connectivity index (χ4n) is 2.11. The van der Waals surface area contributed by atoms with Crippen LogP contribution < -0.4 is 10.6 Å². The highest BCUT2D eigenvalue weighted by molar-refractivity contribution is 5.96. The standard InChI is InChI=1S/C14H18N2O3.ClH/c1-19-14(18)11-4-2-10(3-5-11)13(17)16-12-6-8-15-9-7-12;/h2-5,12,15H,6-9H2,1H3,(H,16,17);1H. The zero-order valence-electron chi connectivity index (χ0n) is 11.3. The molecule has 1 amide bonds. The van der Waals surface area contributed by atoms with Gasteiger partial charge in [-0.2, -0.15) is 0 Å². The van der Waals surface area contributed by atoms with E-state index < -0.39 is 5.97 Å². The molecule has 0 atom stereocenters. The van der Waals surface area contributed by atoms with Crippen molar-refractivity contribution in [3.05, 3.63) is 35.4 Å². The summed E-state index contributed by atoms with van der Waals surface area (Å²) >= 11 is 0. The summed E-state index contributed by atoms with van der Waals surface area (Å²) in [4.78, 5) is 23.3. The number of carbonyl (C=O) groups is 2. The van der Waals surface area contributed by atoms with E-state index in [0.29, 0.717) is 11.1 Å². The Labute approximate surface area is 124 Å². The monoisotopic (exact) mass is 298 g/mol. The van der Waals surface area contributed by atoms with E-state index in [1.165, 1.54) is 7.11 Å². The van der Waals surface area contributed by atoms with Gasteiger partial charge in [0.05, 0.1) is 12.7 Å². The van der Waals surface area contributed by atoms with Gasteiger partial charge in [-0.05, 0) is 50.2 Å². The van der Waals surface area contributed by atoms with Gasteiger partial charge in [-0.15, -0.1) is 12.4 Å². The molecular formula is C14H19ClN2O3. The second-order valence-electron chi connectivity index (χ2n) is 4.57. The van der Waals surface area contributed by atoms with Gasteiger partial charge in [0.2, 0.25) is 0 Å². The van der Waals surface area contributed by atoms with Crippen LogP contribution in [0.15, 0.2) is 24.3 Å². The highest BCUT2D eigenvalue weighted by Crippen LogP contribution is 2.08. The molecule has 0 radical (unpaired) electrons. The minimum atomic E-state index is -0.398. The van der Waals surface area contributed by atoms with Crippen LogP contribution in [0.2, 0.25) is 0 Å². The quantitative estimate of drug-likeness (QED) is 0.827. The van der Waals surface area contributed by atoms with Crippen LogP contribution in [0.3, 0.4) is 0 Å². The molecule has 0 saturated carbocycles. The molecule has 110 valence electrons. The van der Waals surface area contributed by atoms with Gasteiger partial charge in [0.25, 0.3) is 5.91 Å². The van der Waals surface area contributed by atoms with Gasteiger partial charge in [-0.1, -0.05) is 0 Å². The van der Waals surface area contributed by atoms with E-state index in [9.17, 15) is 9.59 Å². The number of ether oxygens (including phenoxy) is 1.